The Morgan fingerprint density at radius 2 is 1.36 bits per heavy atom. The molecule has 1 aromatic heterocycles. The molecule has 1 heterocycles. The number of esters is 2. The summed E-state index contributed by atoms with van der Waals surface area (Å²) in [6, 6.07) is 23.8. The third-order valence-electron chi connectivity index (χ3n) is 8.55. The van der Waals surface area contributed by atoms with Crippen LogP contribution in [0.25, 0.3) is 10.6 Å². The number of carbonyl (C=O) groups is 5. The molecule has 0 aliphatic rings. The molecule has 3 amide bonds. The van der Waals surface area contributed by atoms with Crippen molar-refractivity contribution in [3.05, 3.63) is 95.5 Å². The second-order valence-electron chi connectivity index (χ2n) is 15.0. The Morgan fingerprint density at radius 1 is 0.786 bits per heavy atom. The minimum absolute atomic E-state index is 0.0566. The van der Waals surface area contributed by atoms with Gasteiger partial charge in [-0.15, -0.1) is 11.3 Å². The molecule has 2 atom stereocenters. The summed E-state index contributed by atoms with van der Waals surface area (Å²) in [4.78, 5) is 69.9. The smallest absolute Gasteiger partial charge is 0.412 e. The first-order valence-electron chi connectivity index (χ1n) is 18.0. The van der Waals surface area contributed by atoms with Crippen molar-refractivity contribution >= 4 is 65.6 Å². The van der Waals surface area contributed by atoms with E-state index < -0.39 is 67.5 Å². The molecule has 298 valence electrons. The number of hydrogen-bond donors (Lipinski definition) is 3. The number of methoxy groups -OCH3 is 1. The number of ether oxygens (including phenoxy) is 3. The van der Waals surface area contributed by atoms with E-state index in [1.54, 1.807) is 52.0 Å². The van der Waals surface area contributed by atoms with E-state index in [2.05, 4.69) is 41.7 Å². The lowest BCUT2D eigenvalue weighted by atomic mass is 10.2. The monoisotopic (exact) mass is 802 g/mol. The van der Waals surface area contributed by atoms with Crippen LogP contribution in [0.1, 0.15) is 63.8 Å². The highest BCUT2D eigenvalue weighted by Crippen LogP contribution is 2.37. The molecule has 0 aliphatic heterocycles. The van der Waals surface area contributed by atoms with Gasteiger partial charge in [0.15, 0.2) is 0 Å². The van der Waals surface area contributed by atoms with E-state index in [-0.39, 0.29) is 12.3 Å². The molecule has 0 saturated heterocycles. The van der Waals surface area contributed by atoms with Crippen molar-refractivity contribution in [1.82, 2.24) is 15.6 Å². The van der Waals surface area contributed by atoms with Gasteiger partial charge in [-0.1, -0.05) is 81.4 Å². The van der Waals surface area contributed by atoms with Crippen LogP contribution in [0.2, 0.25) is 5.04 Å². The van der Waals surface area contributed by atoms with E-state index in [1.807, 2.05) is 60.7 Å². The van der Waals surface area contributed by atoms with Gasteiger partial charge in [0, 0.05) is 23.1 Å². The highest BCUT2D eigenvalue weighted by atomic mass is 32.1. The molecule has 3 N–H and O–H groups in total. The first-order chi connectivity index (χ1) is 26.3. The van der Waals surface area contributed by atoms with Crippen LogP contribution in [-0.4, -0.2) is 81.2 Å². The molecule has 2 unspecified atom stereocenters. The van der Waals surface area contributed by atoms with Crippen molar-refractivity contribution < 1.29 is 42.6 Å². The summed E-state index contributed by atoms with van der Waals surface area (Å²) in [7, 11) is -1.93. The predicted molar refractivity (Wildman–Crippen MR) is 218 cm³/mol. The third kappa shape index (κ3) is 11.1. The van der Waals surface area contributed by atoms with Gasteiger partial charge in [-0.3, -0.25) is 19.7 Å². The SMILES string of the molecule is COC(=O)C(CO[Si](c1ccccc1)(c1ccccc1)C(C)(C)C)NC(=O)C(COC(C)=O)NC(=O)c1nc(-c2ccc(NC(=O)OC(C)(C)C)cc2)sc1C. The van der Waals surface area contributed by atoms with Crippen molar-refractivity contribution in [2.75, 3.05) is 25.6 Å². The summed E-state index contributed by atoms with van der Waals surface area (Å²) in [5.74, 6) is -2.93. The zero-order chi connectivity index (χ0) is 41.3. The second kappa shape index (κ2) is 18.5. The number of nitrogens with one attached hydrogen (secondary N) is 3. The molecular weight excluding hydrogens is 753 g/mol. The molecule has 0 bridgehead atoms. The molecule has 0 aliphatic carbocycles. The van der Waals surface area contributed by atoms with E-state index in [1.165, 1.54) is 25.4 Å². The predicted octanol–water partition coefficient (Wildman–Crippen LogP) is 5.36. The quantitative estimate of drug-likeness (QED) is 0.0857. The van der Waals surface area contributed by atoms with Gasteiger partial charge in [-0.05, 0) is 67.4 Å². The molecule has 4 rings (SSSR count). The summed E-state index contributed by atoms with van der Waals surface area (Å²) >= 11 is 1.26. The van der Waals surface area contributed by atoms with Gasteiger partial charge in [0.05, 0.1) is 13.7 Å². The number of nitrogens with zero attached hydrogens (tertiary/aromatic N) is 1. The maximum absolute atomic E-state index is 13.9. The molecular formula is C41H50N4O9SSi. The number of aryl methyl sites for hydroxylation is 1. The maximum atomic E-state index is 13.9. The van der Waals surface area contributed by atoms with Crippen LogP contribution in [0.4, 0.5) is 10.5 Å². The number of rotatable bonds is 14. The van der Waals surface area contributed by atoms with Gasteiger partial charge < -0.3 is 29.3 Å². The zero-order valence-electron chi connectivity index (χ0n) is 33.2. The highest BCUT2D eigenvalue weighted by molar-refractivity contribution is 7.15. The molecule has 0 saturated carbocycles. The molecule has 0 radical (unpaired) electrons. The average Bonchev–Trinajstić information content (AvgIpc) is 3.53. The van der Waals surface area contributed by atoms with Crippen LogP contribution in [0, 0.1) is 6.92 Å². The summed E-state index contributed by atoms with van der Waals surface area (Å²) in [6.45, 7) is 13.7. The zero-order valence-corrected chi connectivity index (χ0v) is 35.0. The van der Waals surface area contributed by atoms with E-state index in [0.717, 1.165) is 10.4 Å². The second-order valence-corrected chi connectivity index (χ2v) is 20.5. The van der Waals surface area contributed by atoms with Gasteiger partial charge >= 0.3 is 18.0 Å². The lowest BCUT2D eigenvalue weighted by molar-refractivity contribution is -0.148. The number of thiazole rings is 1. The topological polar surface area (TPSA) is 171 Å². The van der Waals surface area contributed by atoms with Crippen molar-refractivity contribution in [2.45, 2.75) is 78.1 Å². The fourth-order valence-electron chi connectivity index (χ4n) is 6.01. The molecule has 4 aromatic rings. The number of amides is 3. The molecule has 0 spiro atoms. The Balaban J connectivity index is 1.56. The van der Waals surface area contributed by atoms with Crippen molar-refractivity contribution in [1.29, 1.82) is 0 Å². The summed E-state index contributed by atoms with van der Waals surface area (Å²) in [5, 5.41) is 10.0. The molecule has 3 aromatic carbocycles. The van der Waals surface area contributed by atoms with Gasteiger partial charge in [0.2, 0.25) is 5.91 Å². The Bertz CT molecular complexity index is 1950. The lowest BCUT2D eigenvalue weighted by Crippen LogP contribution is -2.68. The Kier molecular flexibility index (Phi) is 14.3. The van der Waals surface area contributed by atoms with Gasteiger partial charge in [0.1, 0.15) is 35.0 Å². The van der Waals surface area contributed by atoms with Gasteiger partial charge in [-0.2, -0.15) is 0 Å². The largest absolute Gasteiger partial charge is 0.467 e. The van der Waals surface area contributed by atoms with Crippen molar-refractivity contribution in [3.8, 4) is 10.6 Å². The van der Waals surface area contributed by atoms with Crippen LogP contribution in [0.15, 0.2) is 84.9 Å². The van der Waals surface area contributed by atoms with E-state index in [0.29, 0.717) is 21.1 Å². The maximum Gasteiger partial charge on any atom is 0.412 e. The summed E-state index contributed by atoms with van der Waals surface area (Å²) in [6.07, 6.45) is -0.591. The van der Waals surface area contributed by atoms with Crippen LogP contribution in [0.5, 0.6) is 0 Å². The Labute approximate surface area is 332 Å². The van der Waals surface area contributed by atoms with Crippen LogP contribution < -0.4 is 26.3 Å². The van der Waals surface area contributed by atoms with Crippen LogP contribution in [0.3, 0.4) is 0 Å². The van der Waals surface area contributed by atoms with Crippen LogP contribution in [-0.2, 0) is 33.0 Å². The van der Waals surface area contributed by atoms with E-state index in [4.69, 9.17) is 18.6 Å². The van der Waals surface area contributed by atoms with Crippen LogP contribution >= 0.6 is 11.3 Å². The van der Waals surface area contributed by atoms with Gasteiger partial charge in [0.25, 0.3) is 14.2 Å². The molecule has 56 heavy (non-hydrogen) atoms. The van der Waals surface area contributed by atoms with Crippen molar-refractivity contribution in [3.63, 3.8) is 0 Å². The number of aromatic nitrogens is 1. The fraction of sp³-hybridized carbons (Fsp3) is 0.366. The van der Waals surface area contributed by atoms with Gasteiger partial charge in [-0.25, -0.2) is 14.6 Å². The average molecular weight is 803 g/mol. The Morgan fingerprint density at radius 3 is 1.86 bits per heavy atom. The van der Waals surface area contributed by atoms with Crippen molar-refractivity contribution in [2.24, 2.45) is 0 Å². The fourth-order valence-corrected chi connectivity index (χ4v) is 11.5. The molecule has 0 fully saturated rings. The normalized spacial score (nSPS) is 12.8. The molecule has 13 nitrogen and oxygen atoms in total. The number of carbonyl (C=O) groups excluding carboxylic acids is 5. The number of benzene rings is 3. The first kappa shape index (κ1) is 43.3. The third-order valence-corrected chi connectivity index (χ3v) is 14.6. The highest BCUT2D eigenvalue weighted by Gasteiger charge is 2.51. The molecule has 15 heteroatoms. The Hall–Kier alpha value is -5.38. The summed E-state index contributed by atoms with van der Waals surface area (Å²) in [5.41, 5.74) is 0.597. The minimum atomic E-state index is -3.13. The summed E-state index contributed by atoms with van der Waals surface area (Å²) < 4.78 is 22.4. The lowest BCUT2D eigenvalue weighted by Gasteiger charge is -2.43. The van der Waals surface area contributed by atoms with E-state index >= 15 is 0 Å². The standard InChI is InChI=1S/C41H50N4O9SSi/c1-26-34(45-37(55-26)28-20-22-29(23-21-28)42-39(50)54-40(3,4)5)36(48)43-32(24-52-27(2)46)35(47)44-33(38(49)51-9)25-53-56(41(6,7)8,30-16-12-10-13-17-30)31-18-14-11-15-19-31/h10-23,32-33H,24-25H2,1-9H3,(H,42,50)(H,43,48)(H,44,47). The minimum Gasteiger partial charge on any atom is -0.467 e. The number of hydrogen-bond acceptors (Lipinski definition) is 11. The number of anilines is 1. The first-order valence-corrected chi connectivity index (χ1v) is 20.7. The van der Waals surface area contributed by atoms with E-state index in [9.17, 15) is 24.0 Å².